The molecule has 6 heteroatoms. The summed E-state index contributed by atoms with van der Waals surface area (Å²) >= 11 is 0. The van der Waals surface area contributed by atoms with E-state index in [1.165, 1.54) is 27.9 Å². The lowest BCUT2D eigenvalue weighted by atomic mass is 9.86. The van der Waals surface area contributed by atoms with Crippen LogP contribution in [0.1, 0.15) is 71.0 Å². The summed E-state index contributed by atoms with van der Waals surface area (Å²) in [5.41, 5.74) is 9.89. The summed E-state index contributed by atoms with van der Waals surface area (Å²) in [6.07, 6.45) is 2.75. The van der Waals surface area contributed by atoms with Crippen LogP contribution in [-0.4, -0.2) is 26.4 Å². The number of methoxy groups -OCH3 is 1. The van der Waals surface area contributed by atoms with E-state index in [0.717, 1.165) is 62.7 Å². The lowest BCUT2D eigenvalue weighted by Gasteiger charge is -2.22. The Morgan fingerprint density at radius 1 is 0.680 bits per heavy atom. The van der Waals surface area contributed by atoms with E-state index in [1.807, 2.05) is 12.3 Å². The maximum Gasteiger partial charge on any atom is 0.137 e. The maximum absolute atomic E-state index is 6.79. The molecule has 0 saturated heterocycles. The number of pyridine rings is 1. The van der Waals surface area contributed by atoms with E-state index < -0.39 is 0 Å². The fourth-order valence-electron chi connectivity index (χ4n) is 6.85. The van der Waals surface area contributed by atoms with Gasteiger partial charge in [-0.05, 0) is 95.5 Å². The molecule has 0 spiro atoms. The molecule has 50 heavy (non-hydrogen) atoms. The summed E-state index contributed by atoms with van der Waals surface area (Å²) < 4.78 is 16.8. The monoisotopic (exact) mass is 662 g/mol. The minimum Gasteiger partial charge on any atom is -0.497 e. The van der Waals surface area contributed by atoms with E-state index >= 15 is 0 Å². The van der Waals surface area contributed by atoms with E-state index in [4.69, 9.17) is 19.6 Å². The van der Waals surface area contributed by atoms with E-state index in [1.54, 1.807) is 7.11 Å². The molecule has 254 valence electrons. The van der Waals surface area contributed by atoms with Crippen LogP contribution in [0.25, 0.3) is 44.4 Å². The third-order valence-electron chi connectivity index (χ3n) is 9.58. The van der Waals surface area contributed by atoms with Crippen molar-refractivity contribution in [2.45, 2.75) is 72.6 Å². The van der Waals surface area contributed by atoms with Crippen LogP contribution >= 0.6 is 0 Å². The van der Waals surface area contributed by atoms with Gasteiger partial charge in [0.1, 0.15) is 23.1 Å². The van der Waals surface area contributed by atoms with Crippen LogP contribution in [0.2, 0.25) is 0 Å². The highest BCUT2D eigenvalue weighted by atomic mass is 16.5. The number of hydrogen-bond donors (Lipinski definition) is 0. The summed E-state index contributed by atoms with van der Waals surface area (Å²) in [5.74, 6) is 3.19. The molecule has 3 heterocycles. The van der Waals surface area contributed by atoms with E-state index in [0.29, 0.717) is 0 Å². The molecule has 0 N–H and O–H groups in total. The SMILES string of the molecule is CCc1c(-c2ccccc2)c(C)nn1-c1cc(Oc2ccc3c4cc(OC)ccc4n(-c4cc(C(C)(C)C)ccn4)c3c2)cc(C(C)(C)C)c1. The van der Waals surface area contributed by atoms with Crippen molar-refractivity contribution < 1.29 is 9.47 Å². The zero-order valence-electron chi connectivity index (χ0n) is 30.6. The van der Waals surface area contributed by atoms with Gasteiger partial charge in [0.25, 0.3) is 0 Å². The number of fused-ring (bicyclic) bond motifs is 3. The molecule has 0 aliphatic rings. The molecule has 0 aliphatic carbocycles. The van der Waals surface area contributed by atoms with Crippen LogP contribution in [-0.2, 0) is 17.3 Å². The molecule has 0 atom stereocenters. The second kappa shape index (κ2) is 12.5. The van der Waals surface area contributed by atoms with E-state index in [-0.39, 0.29) is 10.8 Å². The number of rotatable bonds is 7. The number of aromatic nitrogens is 4. The molecular formula is C44H46N4O2. The molecule has 0 aliphatic heterocycles. The summed E-state index contributed by atoms with van der Waals surface area (Å²) in [4.78, 5) is 4.86. The van der Waals surface area contributed by atoms with Crippen molar-refractivity contribution in [1.82, 2.24) is 19.3 Å². The molecule has 7 aromatic rings. The molecule has 0 fully saturated rings. The Bertz CT molecular complexity index is 2350. The van der Waals surface area contributed by atoms with Crippen LogP contribution < -0.4 is 9.47 Å². The summed E-state index contributed by atoms with van der Waals surface area (Å²) in [6, 6.07) is 33.9. The minimum absolute atomic E-state index is 0.0175. The Morgan fingerprint density at radius 2 is 1.42 bits per heavy atom. The minimum atomic E-state index is -0.107. The number of ether oxygens (including phenoxy) is 2. The van der Waals surface area contributed by atoms with Crippen LogP contribution in [0.5, 0.6) is 17.2 Å². The maximum atomic E-state index is 6.79. The average molecular weight is 663 g/mol. The van der Waals surface area contributed by atoms with Gasteiger partial charge >= 0.3 is 0 Å². The van der Waals surface area contributed by atoms with Crippen LogP contribution in [0.4, 0.5) is 0 Å². The molecule has 3 aromatic heterocycles. The van der Waals surface area contributed by atoms with Gasteiger partial charge in [-0.3, -0.25) is 4.57 Å². The third kappa shape index (κ3) is 6.04. The van der Waals surface area contributed by atoms with Crippen molar-refractivity contribution in [2.75, 3.05) is 7.11 Å². The van der Waals surface area contributed by atoms with Gasteiger partial charge < -0.3 is 9.47 Å². The Labute approximate surface area is 295 Å². The fourth-order valence-corrected chi connectivity index (χ4v) is 6.85. The van der Waals surface area contributed by atoms with Crippen LogP contribution in [0, 0.1) is 6.92 Å². The highest BCUT2D eigenvalue weighted by Gasteiger charge is 2.22. The number of nitrogens with zero attached hydrogens (tertiary/aromatic N) is 4. The molecule has 0 unspecified atom stereocenters. The Hall–Kier alpha value is -5.36. The lowest BCUT2D eigenvalue weighted by molar-refractivity contribution is 0.415. The van der Waals surface area contributed by atoms with Crippen molar-refractivity contribution in [1.29, 1.82) is 0 Å². The second-order valence-electron chi connectivity index (χ2n) is 15.2. The standard InChI is InChI=1S/C44H46N4O2/c1-10-38-42(29-14-12-11-13-15-29)28(2)46-48(38)32-22-31(44(6,7)8)23-35(25-32)50-34-16-18-36-37-26-33(49-9)17-19-39(37)47(40(36)27-34)41-24-30(20-21-45-41)43(3,4)5/h11-27H,10H2,1-9H3. The van der Waals surface area contributed by atoms with Crippen molar-refractivity contribution in [3.63, 3.8) is 0 Å². The van der Waals surface area contributed by atoms with Gasteiger partial charge in [-0.2, -0.15) is 5.10 Å². The molecule has 0 amide bonds. The first kappa shape index (κ1) is 33.2. The van der Waals surface area contributed by atoms with Gasteiger partial charge in [0.05, 0.1) is 35.2 Å². The predicted octanol–water partition coefficient (Wildman–Crippen LogP) is 11.3. The van der Waals surface area contributed by atoms with Crippen molar-refractivity contribution in [3.05, 3.63) is 126 Å². The van der Waals surface area contributed by atoms with Gasteiger partial charge in [0.15, 0.2) is 0 Å². The topological polar surface area (TPSA) is 54.1 Å². The van der Waals surface area contributed by atoms with Crippen molar-refractivity contribution >= 4 is 21.8 Å². The van der Waals surface area contributed by atoms with Crippen LogP contribution in [0.3, 0.4) is 0 Å². The van der Waals surface area contributed by atoms with E-state index in [9.17, 15) is 0 Å². The van der Waals surface area contributed by atoms with Gasteiger partial charge in [0.2, 0.25) is 0 Å². The normalized spacial score (nSPS) is 12.2. The zero-order valence-corrected chi connectivity index (χ0v) is 30.6. The quantitative estimate of drug-likeness (QED) is 0.170. The highest BCUT2D eigenvalue weighted by Crippen LogP contribution is 2.39. The van der Waals surface area contributed by atoms with Gasteiger partial charge in [-0.25, -0.2) is 9.67 Å². The summed E-state index contributed by atoms with van der Waals surface area (Å²) in [7, 11) is 1.71. The van der Waals surface area contributed by atoms with Gasteiger partial charge in [0, 0.05) is 34.7 Å². The Balaban J connectivity index is 1.38. The third-order valence-corrected chi connectivity index (χ3v) is 9.58. The Morgan fingerprint density at radius 3 is 2.12 bits per heavy atom. The average Bonchev–Trinajstić information content (AvgIpc) is 3.61. The van der Waals surface area contributed by atoms with Crippen molar-refractivity contribution in [2.24, 2.45) is 0 Å². The largest absolute Gasteiger partial charge is 0.497 e. The first-order valence-electron chi connectivity index (χ1n) is 17.4. The number of benzene rings is 4. The smallest absolute Gasteiger partial charge is 0.137 e. The molecule has 0 radical (unpaired) electrons. The molecular weight excluding hydrogens is 617 g/mol. The Kier molecular flexibility index (Phi) is 8.29. The number of hydrogen-bond acceptors (Lipinski definition) is 4. The fraction of sp³-hybridized carbons (Fsp3) is 0.273. The molecule has 6 nitrogen and oxygen atoms in total. The first-order valence-corrected chi connectivity index (χ1v) is 17.4. The van der Waals surface area contributed by atoms with Gasteiger partial charge in [-0.1, -0.05) is 78.8 Å². The lowest BCUT2D eigenvalue weighted by Crippen LogP contribution is -2.13. The highest BCUT2D eigenvalue weighted by molar-refractivity contribution is 6.10. The zero-order chi connectivity index (χ0) is 35.4. The van der Waals surface area contributed by atoms with Gasteiger partial charge in [-0.15, -0.1) is 0 Å². The molecule has 0 saturated carbocycles. The molecule has 7 rings (SSSR count). The summed E-state index contributed by atoms with van der Waals surface area (Å²) in [6.45, 7) is 17.7. The van der Waals surface area contributed by atoms with Crippen LogP contribution in [0.15, 0.2) is 103 Å². The van der Waals surface area contributed by atoms with E-state index in [2.05, 4.69) is 156 Å². The molecule has 4 aromatic carbocycles. The summed E-state index contributed by atoms with van der Waals surface area (Å²) in [5, 5.41) is 7.29. The first-order chi connectivity index (χ1) is 23.9. The second-order valence-corrected chi connectivity index (χ2v) is 15.2. The molecule has 0 bridgehead atoms. The number of aryl methyl sites for hydroxylation is 1. The van der Waals surface area contributed by atoms with Crippen molar-refractivity contribution in [3.8, 4) is 39.9 Å². The predicted molar refractivity (Wildman–Crippen MR) is 206 cm³/mol.